The molecule has 0 bridgehead atoms. The number of fused-ring (bicyclic) bond motifs is 1. The molecular weight excluding hydrogens is 318 g/mol. The van der Waals surface area contributed by atoms with Crippen LogP contribution in [0.2, 0.25) is 0 Å². The van der Waals surface area contributed by atoms with Crippen molar-refractivity contribution in [2.24, 2.45) is 7.05 Å². The third kappa shape index (κ3) is 2.62. The number of Topliss-reactive ketones (excluding diaryl/α,β-unsaturated/α-hetero) is 1. The molecule has 0 atom stereocenters. The topological polar surface area (TPSA) is 117 Å². The summed E-state index contributed by atoms with van der Waals surface area (Å²) in [5.74, 6) is -0.990. The van der Waals surface area contributed by atoms with Gasteiger partial charge in [-0.2, -0.15) is 0 Å². The molecule has 3 aromatic rings. The van der Waals surface area contributed by atoms with Crippen molar-refractivity contribution in [3.05, 3.63) is 73.1 Å². The zero-order chi connectivity index (χ0) is 17.4. The van der Waals surface area contributed by atoms with Gasteiger partial charge in [0, 0.05) is 24.7 Å². The number of oxazole rings is 1. The van der Waals surface area contributed by atoms with Crippen LogP contribution < -0.4 is 11.3 Å². The van der Waals surface area contributed by atoms with Gasteiger partial charge in [-0.1, -0.05) is 0 Å². The number of benzene rings is 1. The summed E-state index contributed by atoms with van der Waals surface area (Å²) in [4.78, 5) is 45.6. The SMILES string of the molecule is Cn1c(=O)oc2cc(C(=O)Cn3cc([N+](=O)[O-])ccc3=O)ccc21. The van der Waals surface area contributed by atoms with Gasteiger partial charge in [-0.15, -0.1) is 0 Å². The molecule has 0 N–H and O–H groups in total. The second-order valence-electron chi connectivity index (χ2n) is 5.14. The molecule has 3 rings (SSSR count). The number of rotatable bonds is 4. The second kappa shape index (κ2) is 5.61. The monoisotopic (exact) mass is 329 g/mol. The minimum atomic E-state index is -0.648. The van der Waals surface area contributed by atoms with Gasteiger partial charge in [0.15, 0.2) is 11.4 Å². The smallest absolute Gasteiger partial charge is 0.408 e. The largest absolute Gasteiger partial charge is 0.419 e. The van der Waals surface area contributed by atoms with Crippen molar-refractivity contribution in [2.75, 3.05) is 0 Å². The van der Waals surface area contributed by atoms with E-state index < -0.39 is 22.0 Å². The van der Waals surface area contributed by atoms with Crippen molar-refractivity contribution in [1.29, 1.82) is 0 Å². The molecule has 0 aliphatic carbocycles. The number of pyridine rings is 1. The standard InChI is InChI=1S/C15H11N3O6/c1-16-11-4-2-9(6-13(11)24-15(16)21)12(19)8-17-7-10(18(22)23)3-5-14(17)20/h2-7H,8H2,1H3. The van der Waals surface area contributed by atoms with Crippen molar-refractivity contribution < 1.29 is 14.1 Å². The maximum absolute atomic E-state index is 12.3. The summed E-state index contributed by atoms with van der Waals surface area (Å²) in [5, 5.41) is 10.8. The van der Waals surface area contributed by atoms with Gasteiger partial charge >= 0.3 is 5.76 Å². The molecule has 122 valence electrons. The molecule has 0 aliphatic rings. The minimum absolute atomic E-state index is 0.232. The number of carbonyl (C=O) groups excluding carboxylic acids is 1. The zero-order valence-corrected chi connectivity index (χ0v) is 12.5. The molecular formula is C15H11N3O6. The summed E-state index contributed by atoms with van der Waals surface area (Å²) in [6.07, 6.45) is 1.02. The lowest BCUT2D eigenvalue weighted by molar-refractivity contribution is -0.385. The molecule has 0 saturated heterocycles. The molecule has 9 heteroatoms. The van der Waals surface area contributed by atoms with Gasteiger partial charge in [-0.05, 0) is 18.2 Å². The molecule has 2 aromatic heterocycles. The highest BCUT2D eigenvalue weighted by Gasteiger charge is 2.14. The molecule has 0 fully saturated rings. The lowest BCUT2D eigenvalue weighted by Crippen LogP contribution is -2.23. The quantitative estimate of drug-likeness (QED) is 0.401. The Kier molecular flexibility index (Phi) is 3.60. The van der Waals surface area contributed by atoms with Gasteiger partial charge in [0.2, 0.25) is 0 Å². The van der Waals surface area contributed by atoms with Crippen molar-refractivity contribution in [3.63, 3.8) is 0 Å². The fourth-order valence-corrected chi connectivity index (χ4v) is 2.30. The number of aromatic nitrogens is 2. The van der Waals surface area contributed by atoms with Crippen LogP contribution in [0.25, 0.3) is 11.1 Å². The number of aryl methyl sites for hydroxylation is 1. The molecule has 9 nitrogen and oxygen atoms in total. The van der Waals surface area contributed by atoms with Crippen molar-refractivity contribution >= 4 is 22.6 Å². The number of hydrogen-bond donors (Lipinski definition) is 0. The van der Waals surface area contributed by atoms with E-state index in [1.54, 1.807) is 13.1 Å². The molecule has 24 heavy (non-hydrogen) atoms. The van der Waals surface area contributed by atoms with E-state index in [1.165, 1.54) is 16.7 Å². The predicted octanol–water partition coefficient (Wildman–Crippen LogP) is 1.08. The van der Waals surface area contributed by atoms with Crippen LogP contribution in [0.1, 0.15) is 10.4 Å². The maximum atomic E-state index is 12.3. The lowest BCUT2D eigenvalue weighted by Gasteiger charge is -2.05. The Hall–Kier alpha value is -3.49. The van der Waals surface area contributed by atoms with E-state index in [1.807, 2.05) is 0 Å². The molecule has 0 saturated carbocycles. The summed E-state index contributed by atoms with van der Waals surface area (Å²) in [7, 11) is 1.54. The minimum Gasteiger partial charge on any atom is -0.408 e. The Labute approximate surface area is 133 Å². The Balaban J connectivity index is 1.95. The van der Waals surface area contributed by atoms with Gasteiger partial charge in [0.05, 0.1) is 23.2 Å². The van der Waals surface area contributed by atoms with Gasteiger partial charge in [0.1, 0.15) is 0 Å². The second-order valence-corrected chi connectivity index (χ2v) is 5.14. The molecule has 2 heterocycles. The number of carbonyl (C=O) groups is 1. The molecule has 0 radical (unpaired) electrons. The first-order chi connectivity index (χ1) is 11.4. The normalized spacial score (nSPS) is 10.9. The van der Waals surface area contributed by atoms with E-state index in [0.29, 0.717) is 5.52 Å². The van der Waals surface area contributed by atoms with Crippen LogP contribution in [-0.4, -0.2) is 19.8 Å². The van der Waals surface area contributed by atoms with Crippen LogP contribution in [0.5, 0.6) is 0 Å². The summed E-state index contributed by atoms with van der Waals surface area (Å²) in [6, 6.07) is 6.58. The van der Waals surface area contributed by atoms with E-state index >= 15 is 0 Å². The van der Waals surface area contributed by atoms with Crippen LogP contribution in [-0.2, 0) is 13.6 Å². The molecule has 0 unspecified atom stereocenters. The highest BCUT2D eigenvalue weighted by molar-refractivity contribution is 5.98. The fraction of sp³-hybridized carbons (Fsp3) is 0.133. The Morgan fingerprint density at radius 2 is 2.00 bits per heavy atom. The summed E-state index contributed by atoms with van der Waals surface area (Å²) in [5.41, 5.74) is 0.201. The summed E-state index contributed by atoms with van der Waals surface area (Å²) < 4.78 is 7.28. The summed E-state index contributed by atoms with van der Waals surface area (Å²) in [6.45, 7) is -0.358. The van der Waals surface area contributed by atoms with E-state index in [9.17, 15) is 24.5 Å². The van der Waals surface area contributed by atoms with Crippen LogP contribution in [0.4, 0.5) is 5.69 Å². The van der Waals surface area contributed by atoms with Gasteiger partial charge in [-0.3, -0.25) is 24.3 Å². The van der Waals surface area contributed by atoms with E-state index in [-0.39, 0.29) is 23.4 Å². The molecule has 0 spiro atoms. The van der Waals surface area contributed by atoms with Crippen molar-refractivity contribution in [3.8, 4) is 0 Å². The number of nitrogens with zero attached hydrogens (tertiary/aromatic N) is 3. The third-order valence-electron chi connectivity index (χ3n) is 3.61. The highest BCUT2D eigenvalue weighted by Crippen LogP contribution is 2.15. The zero-order valence-electron chi connectivity index (χ0n) is 12.5. The molecule has 0 aliphatic heterocycles. The van der Waals surface area contributed by atoms with Gasteiger partial charge < -0.3 is 8.98 Å². The Bertz CT molecular complexity index is 1090. The molecule has 0 amide bonds. The first-order valence-corrected chi connectivity index (χ1v) is 6.84. The Morgan fingerprint density at radius 3 is 2.71 bits per heavy atom. The number of ketones is 1. The first-order valence-electron chi connectivity index (χ1n) is 6.84. The average molecular weight is 329 g/mol. The van der Waals surface area contributed by atoms with Crippen molar-refractivity contribution in [2.45, 2.75) is 6.54 Å². The van der Waals surface area contributed by atoms with E-state index in [4.69, 9.17) is 4.42 Å². The van der Waals surface area contributed by atoms with Crippen LogP contribution in [0.3, 0.4) is 0 Å². The highest BCUT2D eigenvalue weighted by atomic mass is 16.6. The van der Waals surface area contributed by atoms with E-state index in [2.05, 4.69) is 0 Å². The predicted molar refractivity (Wildman–Crippen MR) is 83.1 cm³/mol. The molecule has 1 aromatic carbocycles. The Morgan fingerprint density at radius 1 is 1.25 bits per heavy atom. The van der Waals surface area contributed by atoms with Crippen LogP contribution >= 0.6 is 0 Å². The van der Waals surface area contributed by atoms with Gasteiger partial charge in [0.25, 0.3) is 11.2 Å². The fourth-order valence-electron chi connectivity index (χ4n) is 2.30. The third-order valence-corrected chi connectivity index (χ3v) is 3.61. The maximum Gasteiger partial charge on any atom is 0.419 e. The lowest BCUT2D eigenvalue weighted by atomic mass is 10.1. The van der Waals surface area contributed by atoms with Crippen LogP contribution in [0, 0.1) is 10.1 Å². The number of nitro groups is 1. The van der Waals surface area contributed by atoms with Gasteiger partial charge in [-0.25, -0.2) is 4.79 Å². The average Bonchev–Trinajstić information content (AvgIpc) is 2.83. The van der Waals surface area contributed by atoms with Crippen molar-refractivity contribution in [1.82, 2.24) is 9.13 Å². The van der Waals surface area contributed by atoms with E-state index in [0.717, 1.165) is 22.9 Å². The summed E-state index contributed by atoms with van der Waals surface area (Å²) >= 11 is 0. The number of hydrogen-bond acceptors (Lipinski definition) is 6. The first kappa shape index (κ1) is 15.4. The van der Waals surface area contributed by atoms with Crippen LogP contribution in [0.15, 0.2) is 50.5 Å².